The number of sulfonamides is 1. The van der Waals surface area contributed by atoms with Gasteiger partial charge in [0.25, 0.3) is 21.5 Å². The Bertz CT molecular complexity index is 1320. The number of nitrogens with one attached hydrogen (secondary N) is 1. The standard InChI is InChI=1S/C17H14F5N3O5S/c1-8-5-10(18)11(6-9(8)14(27)23-31(29,30)16(19)3-4-16)25-13(26)7-12(17(20,21)22)24(2)15(25)28/h5-7H,3-4H2,1-2H3,(H,23,27). The van der Waals surface area contributed by atoms with Crippen LogP contribution in [0.15, 0.2) is 27.8 Å². The molecule has 0 radical (unpaired) electrons. The third-order valence-electron chi connectivity index (χ3n) is 4.74. The predicted octanol–water partition coefficient (Wildman–Crippen LogP) is 1.52. The zero-order chi connectivity index (χ0) is 23.5. The highest BCUT2D eigenvalue weighted by molar-refractivity contribution is 7.91. The molecule has 31 heavy (non-hydrogen) atoms. The molecule has 0 aliphatic heterocycles. The lowest BCUT2D eigenvalue weighted by molar-refractivity contribution is -0.144. The van der Waals surface area contributed by atoms with Crippen molar-refractivity contribution in [1.29, 1.82) is 0 Å². The van der Waals surface area contributed by atoms with Gasteiger partial charge in [-0.15, -0.1) is 0 Å². The first-order valence-electron chi connectivity index (χ1n) is 8.55. The van der Waals surface area contributed by atoms with Crippen LogP contribution in [0.25, 0.3) is 5.69 Å². The van der Waals surface area contributed by atoms with E-state index in [2.05, 4.69) is 0 Å². The second kappa shape index (κ2) is 7.00. The van der Waals surface area contributed by atoms with Crippen molar-refractivity contribution in [2.24, 2.45) is 7.05 Å². The highest BCUT2D eigenvalue weighted by atomic mass is 32.2. The number of carbonyl (C=O) groups excluding carboxylic acids is 1. The van der Waals surface area contributed by atoms with Crippen LogP contribution < -0.4 is 16.0 Å². The van der Waals surface area contributed by atoms with E-state index in [0.717, 1.165) is 0 Å². The number of alkyl halides is 4. The maximum absolute atomic E-state index is 14.5. The molecule has 0 unspecified atom stereocenters. The van der Waals surface area contributed by atoms with Gasteiger partial charge >= 0.3 is 11.9 Å². The Morgan fingerprint density at radius 2 is 1.74 bits per heavy atom. The van der Waals surface area contributed by atoms with Crippen molar-refractivity contribution in [2.45, 2.75) is 30.9 Å². The van der Waals surface area contributed by atoms with Crippen molar-refractivity contribution in [3.8, 4) is 5.69 Å². The van der Waals surface area contributed by atoms with Crippen LogP contribution in [0.4, 0.5) is 22.0 Å². The Labute approximate surface area is 171 Å². The summed E-state index contributed by atoms with van der Waals surface area (Å²) in [4.78, 5) is 36.9. The third kappa shape index (κ3) is 3.86. The van der Waals surface area contributed by atoms with Gasteiger partial charge in [-0.2, -0.15) is 13.2 Å². The van der Waals surface area contributed by atoms with E-state index >= 15 is 0 Å². The van der Waals surface area contributed by atoms with Crippen LogP contribution in [0, 0.1) is 12.7 Å². The molecule has 1 aromatic heterocycles. The van der Waals surface area contributed by atoms with Gasteiger partial charge in [-0.1, -0.05) is 0 Å². The van der Waals surface area contributed by atoms with Gasteiger partial charge in [0.15, 0.2) is 0 Å². The molecule has 1 aliphatic carbocycles. The largest absolute Gasteiger partial charge is 0.431 e. The molecule has 14 heteroatoms. The minimum Gasteiger partial charge on any atom is -0.292 e. The molecule has 0 bridgehead atoms. The lowest BCUT2D eigenvalue weighted by atomic mass is 10.1. The summed E-state index contributed by atoms with van der Waals surface area (Å²) in [6.45, 7) is 1.20. The van der Waals surface area contributed by atoms with E-state index in [1.165, 1.54) is 11.6 Å². The van der Waals surface area contributed by atoms with E-state index in [1.807, 2.05) is 0 Å². The molecular formula is C17H14F5N3O5S. The second-order valence-corrected chi connectivity index (χ2v) is 8.92. The van der Waals surface area contributed by atoms with Crippen molar-refractivity contribution in [3.63, 3.8) is 0 Å². The summed E-state index contributed by atoms with van der Waals surface area (Å²) in [5, 5.41) is -2.61. The van der Waals surface area contributed by atoms with Crippen LogP contribution in [0.5, 0.6) is 0 Å². The smallest absolute Gasteiger partial charge is 0.292 e. The molecule has 0 spiro atoms. The molecule has 1 fully saturated rings. The zero-order valence-corrected chi connectivity index (χ0v) is 16.7. The van der Waals surface area contributed by atoms with Crippen LogP contribution in [-0.2, 0) is 23.2 Å². The second-order valence-electron chi connectivity index (χ2n) is 6.98. The molecule has 2 aromatic rings. The maximum atomic E-state index is 14.5. The van der Waals surface area contributed by atoms with Crippen molar-refractivity contribution < 1.29 is 35.2 Å². The van der Waals surface area contributed by atoms with E-state index in [-0.39, 0.29) is 33.6 Å². The fourth-order valence-corrected chi connectivity index (χ4v) is 4.01. The van der Waals surface area contributed by atoms with Gasteiger partial charge in [-0.05, 0) is 24.6 Å². The number of hydrogen-bond donors (Lipinski definition) is 1. The molecule has 1 N–H and O–H groups in total. The number of nitrogens with zero attached hydrogens (tertiary/aromatic N) is 2. The number of rotatable bonds is 4. The number of hydrogen-bond acceptors (Lipinski definition) is 5. The van der Waals surface area contributed by atoms with Crippen molar-refractivity contribution in [3.05, 3.63) is 61.7 Å². The SMILES string of the molecule is Cc1cc(F)c(-n2c(=O)cc(C(F)(F)F)n(C)c2=O)cc1C(=O)NS(=O)(=O)C1(F)CC1. The molecule has 1 aromatic carbocycles. The average Bonchev–Trinajstić information content (AvgIpc) is 3.38. The number of amides is 1. The summed E-state index contributed by atoms with van der Waals surface area (Å²) in [5.74, 6) is -2.60. The number of benzene rings is 1. The Morgan fingerprint density at radius 1 is 1.16 bits per heavy atom. The minimum atomic E-state index is -5.04. The fraction of sp³-hybridized carbons (Fsp3) is 0.353. The van der Waals surface area contributed by atoms with Crippen LogP contribution >= 0.6 is 0 Å². The molecule has 1 saturated carbocycles. The summed E-state index contributed by atoms with van der Waals surface area (Å²) in [6.07, 6.45) is -5.68. The molecular weight excluding hydrogens is 453 g/mol. The monoisotopic (exact) mass is 467 g/mol. The van der Waals surface area contributed by atoms with Crippen molar-refractivity contribution in [1.82, 2.24) is 13.9 Å². The molecule has 8 nitrogen and oxygen atoms in total. The quantitative estimate of drug-likeness (QED) is 0.687. The molecule has 168 valence electrons. The van der Waals surface area contributed by atoms with E-state index in [4.69, 9.17) is 0 Å². The molecule has 0 atom stereocenters. The van der Waals surface area contributed by atoms with Gasteiger partial charge < -0.3 is 0 Å². The minimum absolute atomic E-state index is 0.0623. The molecule has 1 amide bonds. The molecule has 1 heterocycles. The van der Waals surface area contributed by atoms with Gasteiger partial charge in [-0.25, -0.2) is 31.3 Å². The number of halogens is 5. The van der Waals surface area contributed by atoms with Crippen LogP contribution in [0.1, 0.15) is 34.5 Å². The Hall–Kier alpha value is -3.03. The highest BCUT2D eigenvalue weighted by Crippen LogP contribution is 2.44. The van der Waals surface area contributed by atoms with Gasteiger partial charge in [0, 0.05) is 31.5 Å². The first kappa shape index (κ1) is 22.7. The third-order valence-corrected chi connectivity index (χ3v) is 6.57. The van der Waals surface area contributed by atoms with Crippen LogP contribution in [-0.4, -0.2) is 28.5 Å². The molecule has 1 aliphatic rings. The average molecular weight is 467 g/mol. The summed E-state index contributed by atoms with van der Waals surface area (Å²) >= 11 is 0. The van der Waals surface area contributed by atoms with Gasteiger partial charge in [0.2, 0.25) is 5.00 Å². The van der Waals surface area contributed by atoms with E-state index < -0.39 is 61.1 Å². The van der Waals surface area contributed by atoms with Gasteiger partial charge in [0.05, 0.1) is 5.69 Å². The first-order valence-corrected chi connectivity index (χ1v) is 10.0. The van der Waals surface area contributed by atoms with Crippen LogP contribution in [0.3, 0.4) is 0 Å². The highest BCUT2D eigenvalue weighted by Gasteiger charge is 2.56. The predicted molar refractivity (Wildman–Crippen MR) is 96.4 cm³/mol. The van der Waals surface area contributed by atoms with Crippen molar-refractivity contribution in [2.75, 3.05) is 0 Å². The number of aryl methyl sites for hydroxylation is 1. The fourth-order valence-electron chi connectivity index (χ4n) is 2.83. The van der Waals surface area contributed by atoms with Crippen LogP contribution in [0.2, 0.25) is 0 Å². The Kier molecular flexibility index (Phi) is 5.12. The topological polar surface area (TPSA) is 107 Å². The van der Waals surface area contributed by atoms with E-state index in [9.17, 15) is 44.8 Å². The maximum Gasteiger partial charge on any atom is 0.431 e. The molecule has 3 rings (SSSR count). The lowest BCUT2D eigenvalue weighted by Crippen LogP contribution is -2.41. The van der Waals surface area contributed by atoms with Gasteiger partial charge in [0.1, 0.15) is 11.5 Å². The normalized spacial score (nSPS) is 15.6. The summed E-state index contributed by atoms with van der Waals surface area (Å²) in [5.41, 5.74) is -6.20. The number of carbonyl (C=O) groups is 1. The van der Waals surface area contributed by atoms with Gasteiger partial charge in [-0.3, -0.25) is 14.2 Å². The molecule has 0 saturated heterocycles. The lowest BCUT2D eigenvalue weighted by Gasteiger charge is -2.16. The van der Waals surface area contributed by atoms with E-state index in [1.54, 1.807) is 0 Å². The van der Waals surface area contributed by atoms with E-state index in [0.29, 0.717) is 19.2 Å². The number of aromatic nitrogens is 2. The first-order chi connectivity index (χ1) is 14.1. The van der Waals surface area contributed by atoms with Crippen molar-refractivity contribution >= 4 is 15.9 Å². The summed E-state index contributed by atoms with van der Waals surface area (Å²) < 4.78 is 92.8. The Morgan fingerprint density at radius 3 is 2.26 bits per heavy atom. The summed E-state index contributed by atoms with van der Waals surface area (Å²) in [7, 11) is -3.99. The summed E-state index contributed by atoms with van der Waals surface area (Å²) in [6, 6.07) is 1.39. The zero-order valence-electron chi connectivity index (χ0n) is 15.9. The Balaban J connectivity index is 2.15.